The second kappa shape index (κ2) is 4.88. The third-order valence-electron chi connectivity index (χ3n) is 1.78. The van der Waals surface area contributed by atoms with Gasteiger partial charge in [0.25, 0.3) is 0 Å². The number of amidine groups is 2. The number of aliphatic imine (C=N–C) groups is 1. The minimum atomic E-state index is -0.192. The molecule has 0 radical (unpaired) electrons. The maximum Gasteiger partial charge on any atom is 0.173 e. The van der Waals surface area contributed by atoms with Gasteiger partial charge in [-0.15, -0.1) is 0 Å². The van der Waals surface area contributed by atoms with Gasteiger partial charge >= 0.3 is 0 Å². The third kappa shape index (κ3) is 2.65. The Kier molecular flexibility index (Phi) is 3.10. The predicted molar refractivity (Wildman–Crippen MR) is 61.8 cm³/mol. The van der Waals surface area contributed by atoms with Crippen molar-refractivity contribution < 1.29 is 0 Å². The highest BCUT2D eigenvalue weighted by Crippen LogP contribution is 1.97. The molecule has 0 aliphatic carbocycles. The lowest BCUT2D eigenvalue weighted by Crippen LogP contribution is -2.07. The Bertz CT molecular complexity index is 535. The zero-order valence-electron chi connectivity index (χ0n) is 8.70. The Balaban J connectivity index is 2.24. The minimum absolute atomic E-state index is 0.160. The van der Waals surface area contributed by atoms with Crippen LogP contribution in [0, 0.1) is 5.41 Å². The molecule has 2 heterocycles. The van der Waals surface area contributed by atoms with Gasteiger partial charge in [0.15, 0.2) is 5.82 Å². The topological polar surface area (TPSA) is 112 Å². The Hall–Kier alpha value is -2.70. The maximum atomic E-state index is 7.62. The van der Waals surface area contributed by atoms with Crippen molar-refractivity contribution in [1.29, 1.82) is 5.41 Å². The molecule has 0 fully saturated rings. The molecule has 2 aromatic heterocycles. The summed E-state index contributed by atoms with van der Waals surface area (Å²) in [5, 5.41) is 7.62. The van der Waals surface area contributed by atoms with Gasteiger partial charge in [-0.05, 0) is 18.0 Å². The molecular weight excluding hydrogens is 218 g/mol. The van der Waals surface area contributed by atoms with E-state index < -0.39 is 0 Å². The van der Waals surface area contributed by atoms with Crippen molar-refractivity contribution in [2.75, 3.05) is 0 Å². The molecule has 0 saturated heterocycles. The van der Waals surface area contributed by atoms with Crippen molar-refractivity contribution in [3.8, 4) is 0 Å². The van der Waals surface area contributed by atoms with Crippen molar-refractivity contribution in [2.24, 2.45) is 4.99 Å². The summed E-state index contributed by atoms with van der Waals surface area (Å²) in [5.74, 6) is -0.0625. The maximum absolute atomic E-state index is 7.62. The molecule has 2 rings (SSSR count). The fraction of sp³-hybridized carbons (Fsp3) is 0. The largest absolute Gasteiger partial charge is 0.479 e. The zero-order chi connectivity index (χ0) is 12.1. The fourth-order valence-corrected chi connectivity index (χ4v) is 1.05. The molecule has 0 aromatic carbocycles. The predicted octanol–water partition coefficient (Wildman–Crippen LogP) is 1.09. The first-order valence-electron chi connectivity index (χ1n) is 4.71. The summed E-state index contributed by atoms with van der Waals surface area (Å²) in [6.45, 7) is 0. The van der Waals surface area contributed by atoms with Crippen LogP contribution in [-0.4, -0.2) is 31.6 Å². The molecule has 7 heteroatoms. The molecule has 0 spiro atoms. The molecule has 0 amide bonds. The molecule has 0 unspecified atom stereocenters. The van der Waals surface area contributed by atoms with Gasteiger partial charge < -0.3 is 16.1 Å². The van der Waals surface area contributed by atoms with E-state index in [0.29, 0.717) is 0 Å². The summed E-state index contributed by atoms with van der Waals surface area (Å²) in [5.41, 5.74) is 7.62. The smallest absolute Gasteiger partial charge is 0.173 e. The SMILES string of the molecule is N=C(N=C([NH-])c1ncccn1)c1ncccn1. The Morgan fingerprint density at radius 2 is 1.41 bits per heavy atom. The molecule has 0 aliphatic rings. The Labute approximate surface area is 97.0 Å². The van der Waals surface area contributed by atoms with Gasteiger partial charge in [0.2, 0.25) is 0 Å². The Morgan fingerprint density at radius 1 is 0.941 bits per heavy atom. The molecule has 2 aromatic rings. The second-order valence-electron chi connectivity index (χ2n) is 2.95. The standard InChI is InChI=1S/C10H8N7/c11-7(9-13-3-1-4-14-9)17-8(12)10-15-5-2-6-16-10/h1-6H,(H2-,11,12,17)/q-1. The molecular formula is C10H8N7-. The normalized spacial score (nSPS) is 11.2. The molecule has 17 heavy (non-hydrogen) atoms. The molecule has 0 atom stereocenters. The van der Waals surface area contributed by atoms with E-state index >= 15 is 0 Å². The minimum Gasteiger partial charge on any atom is -0.479 e. The summed E-state index contributed by atoms with van der Waals surface area (Å²) in [4.78, 5) is 19.2. The number of nitrogens with one attached hydrogen (secondary N) is 2. The number of nitrogens with zero attached hydrogens (tertiary/aromatic N) is 5. The second-order valence-corrected chi connectivity index (χ2v) is 2.95. The molecule has 0 bridgehead atoms. The van der Waals surface area contributed by atoms with E-state index in [0.717, 1.165) is 0 Å². The van der Waals surface area contributed by atoms with Crippen LogP contribution in [0.15, 0.2) is 41.9 Å². The quantitative estimate of drug-likeness (QED) is 0.610. The first-order chi connectivity index (χ1) is 8.27. The van der Waals surface area contributed by atoms with E-state index in [1.165, 1.54) is 24.8 Å². The fourth-order valence-electron chi connectivity index (χ4n) is 1.05. The van der Waals surface area contributed by atoms with Crippen molar-refractivity contribution in [3.63, 3.8) is 0 Å². The van der Waals surface area contributed by atoms with Crippen molar-refractivity contribution in [2.45, 2.75) is 0 Å². The van der Waals surface area contributed by atoms with Crippen LogP contribution in [0.4, 0.5) is 0 Å². The highest BCUT2D eigenvalue weighted by atomic mass is 15.0. The van der Waals surface area contributed by atoms with Gasteiger partial charge in [-0.25, -0.2) is 19.9 Å². The monoisotopic (exact) mass is 226 g/mol. The summed E-state index contributed by atoms with van der Waals surface area (Å²) >= 11 is 0. The highest BCUT2D eigenvalue weighted by Gasteiger charge is 1.97. The number of aromatic nitrogens is 4. The summed E-state index contributed by atoms with van der Waals surface area (Å²) in [6, 6.07) is 3.28. The van der Waals surface area contributed by atoms with E-state index in [1.807, 2.05) is 0 Å². The van der Waals surface area contributed by atoms with Gasteiger partial charge in [0, 0.05) is 24.8 Å². The van der Waals surface area contributed by atoms with Crippen molar-refractivity contribution in [3.05, 3.63) is 54.3 Å². The average molecular weight is 226 g/mol. The van der Waals surface area contributed by atoms with E-state index in [4.69, 9.17) is 11.1 Å². The van der Waals surface area contributed by atoms with Gasteiger partial charge in [-0.1, -0.05) is 0 Å². The number of hydrogen-bond acceptors (Lipinski definition) is 5. The summed E-state index contributed by atoms with van der Waals surface area (Å²) in [7, 11) is 0. The lowest BCUT2D eigenvalue weighted by atomic mass is 10.4. The van der Waals surface area contributed by atoms with Crippen LogP contribution in [0.3, 0.4) is 0 Å². The number of rotatable bonds is 2. The van der Waals surface area contributed by atoms with E-state index in [-0.39, 0.29) is 23.3 Å². The van der Waals surface area contributed by atoms with E-state index in [1.54, 1.807) is 12.1 Å². The molecule has 84 valence electrons. The van der Waals surface area contributed by atoms with Crippen LogP contribution in [0.2, 0.25) is 0 Å². The van der Waals surface area contributed by atoms with E-state index in [2.05, 4.69) is 24.9 Å². The summed E-state index contributed by atoms with van der Waals surface area (Å²) in [6.07, 6.45) is 6.04. The van der Waals surface area contributed by atoms with Crippen LogP contribution in [-0.2, 0) is 0 Å². The van der Waals surface area contributed by atoms with Gasteiger partial charge in [0.05, 0.1) is 5.84 Å². The molecule has 0 aliphatic heterocycles. The van der Waals surface area contributed by atoms with Crippen LogP contribution in [0.1, 0.15) is 11.6 Å². The van der Waals surface area contributed by atoms with Gasteiger partial charge in [-0.3, -0.25) is 0 Å². The molecule has 7 nitrogen and oxygen atoms in total. The summed E-state index contributed by atoms with van der Waals surface area (Å²) < 4.78 is 0. The van der Waals surface area contributed by atoms with E-state index in [9.17, 15) is 0 Å². The number of hydrogen-bond donors (Lipinski definition) is 1. The molecule has 2 N–H and O–H groups in total. The van der Waals surface area contributed by atoms with Crippen LogP contribution in [0.5, 0.6) is 0 Å². The lowest BCUT2D eigenvalue weighted by molar-refractivity contribution is 1.11. The van der Waals surface area contributed by atoms with Crippen LogP contribution < -0.4 is 0 Å². The highest BCUT2D eigenvalue weighted by molar-refractivity contribution is 6.11. The van der Waals surface area contributed by atoms with Crippen LogP contribution >= 0.6 is 0 Å². The zero-order valence-corrected chi connectivity index (χ0v) is 8.70. The van der Waals surface area contributed by atoms with Gasteiger partial charge in [-0.2, -0.15) is 0 Å². The van der Waals surface area contributed by atoms with Crippen LogP contribution in [0.25, 0.3) is 5.73 Å². The Morgan fingerprint density at radius 3 is 1.94 bits per heavy atom. The van der Waals surface area contributed by atoms with Gasteiger partial charge in [0.1, 0.15) is 5.82 Å². The van der Waals surface area contributed by atoms with Crippen molar-refractivity contribution >= 4 is 11.7 Å². The lowest BCUT2D eigenvalue weighted by Gasteiger charge is -2.08. The first-order valence-corrected chi connectivity index (χ1v) is 4.71. The van der Waals surface area contributed by atoms with Crippen molar-refractivity contribution in [1.82, 2.24) is 19.9 Å². The third-order valence-corrected chi connectivity index (χ3v) is 1.78. The molecule has 0 saturated carbocycles. The average Bonchev–Trinajstić information content (AvgIpc) is 2.40. The first kappa shape index (κ1) is 10.8.